The SMILES string of the molecule is CN(CC(N)=O)c1cncc(Cl)n1. The molecule has 0 spiro atoms. The average molecular weight is 201 g/mol. The van der Waals surface area contributed by atoms with Gasteiger partial charge in [-0.25, -0.2) is 4.98 Å². The van der Waals surface area contributed by atoms with Gasteiger partial charge in [-0.3, -0.25) is 9.78 Å². The van der Waals surface area contributed by atoms with Crippen molar-refractivity contribution in [2.45, 2.75) is 0 Å². The molecule has 1 aromatic heterocycles. The Morgan fingerprint density at radius 3 is 2.92 bits per heavy atom. The van der Waals surface area contributed by atoms with Gasteiger partial charge in [0.15, 0.2) is 0 Å². The van der Waals surface area contributed by atoms with E-state index in [0.717, 1.165) is 0 Å². The molecule has 0 aliphatic carbocycles. The van der Waals surface area contributed by atoms with Gasteiger partial charge in [0.2, 0.25) is 5.91 Å². The van der Waals surface area contributed by atoms with Crippen LogP contribution >= 0.6 is 11.6 Å². The van der Waals surface area contributed by atoms with Gasteiger partial charge in [-0.15, -0.1) is 0 Å². The Morgan fingerprint density at radius 1 is 1.69 bits per heavy atom. The van der Waals surface area contributed by atoms with E-state index in [-0.39, 0.29) is 11.7 Å². The molecule has 0 bridgehead atoms. The number of likely N-dealkylation sites (N-methyl/N-ethyl adjacent to an activating group) is 1. The van der Waals surface area contributed by atoms with Gasteiger partial charge in [-0.1, -0.05) is 11.6 Å². The monoisotopic (exact) mass is 200 g/mol. The number of carbonyl (C=O) groups is 1. The predicted octanol–water partition coefficient (Wildman–Crippen LogP) is 0.0515. The number of nitrogens with two attached hydrogens (primary N) is 1. The lowest BCUT2D eigenvalue weighted by Gasteiger charge is -2.14. The maximum atomic E-state index is 10.6. The van der Waals surface area contributed by atoms with Gasteiger partial charge in [-0.2, -0.15) is 0 Å². The zero-order valence-corrected chi connectivity index (χ0v) is 7.82. The molecular formula is C7H9ClN4O. The third-order valence-electron chi connectivity index (χ3n) is 1.38. The Balaban J connectivity index is 2.76. The van der Waals surface area contributed by atoms with Crippen LogP contribution in [0, 0.1) is 0 Å². The van der Waals surface area contributed by atoms with Gasteiger partial charge in [0.1, 0.15) is 11.0 Å². The van der Waals surface area contributed by atoms with E-state index in [4.69, 9.17) is 17.3 Å². The lowest BCUT2D eigenvalue weighted by molar-refractivity contribution is -0.116. The fourth-order valence-electron chi connectivity index (χ4n) is 0.831. The van der Waals surface area contributed by atoms with E-state index in [0.29, 0.717) is 5.82 Å². The minimum atomic E-state index is -0.427. The normalized spacial score (nSPS) is 9.69. The second kappa shape index (κ2) is 4.04. The third kappa shape index (κ3) is 2.87. The summed E-state index contributed by atoms with van der Waals surface area (Å²) in [6.45, 7) is 0.0923. The summed E-state index contributed by atoms with van der Waals surface area (Å²) in [5.74, 6) is 0.0931. The minimum absolute atomic E-state index is 0.0923. The Kier molecular flexibility index (Phi) is 3.02. The molecule has 1 amide bonds. The molecule has 13 heavy (non-hydrogen) atoms. The molecular weight excluding hydrogens is 192 g/mol. The number of amides is 1. The molecule has 2 N–H and O–H groups in total. The minimum Gasteiger partial charge on any atom is -0.368 e. The summed E-state index contributed by atoms with van der Waals surface area (Å²) in [4.78, 5) is 19.9. The molecule has 0 aliphatic rings. The van der Waals surface area contributed by atoms with Crippen LogP contribution in [-0.2, 0) is 4.79 Å². The zero-order chi connectivity index (χ0) is 9.84. The first kappa shape index (κ1) is 9.73. The summed E-state index contributed by atoms with van der Waals surface area (Å²) in [7, 11) is 1.69. The fraction of sp³-hybridized carbons (Fsp3) is 0.286. The fourth-order valence-corrected chi connectivity index (χ4v) is 0.974. The highest BCUT2D eigenvalue weighted by Gasteiger charge is 2.05. The molecule has 70 valence electrons. The van der Waals surface area contributed by atoms with E-state index >= 15 is 0 Å². The van der Waals surface area contributed by atoms with Crippen LogP contribution in [0.1, 0.15) is 0 Å². The largest absolute Gasteiger partial charge is 0.368 e. The van der Waals surface area contributed by atoms with Crippen LogP contribution in [0.25, 0.3) is 0 Å². The van der Waals surface area contributed by atoms with Gasteiger partial charge >= 0.3 is 0 Å². The summed E-state index contributed by atoms with van der Waals surface area (Å²) in [6.07, 6.45) is 2.93. The Hall–Kier alpha value is -1.36. The highest BCUT2D eigenvalue weighted by atomic mass is 35.5. The highest BCUT2D eigenvalue weighted by molar-refractivity contribution is 6.29. The van der Waals surface area contributed by atoms with E-state index in [2.05, 4.69) is 9.97 Å². The molecule has 0 radical (unpaired) electrons. The first-order chi connectivity index (χ1) is 6.09. The first-order valence-corrected chi connectivity index (χ1v) is 3.94. The van der Waals surface area contributed by atoms with Crippen molar-refractivity contribution in [3.63, 3.8) is 0 Å². The van der Waals surface area contributed by atoms with Gasteiger partial charge in [0.05, 0.1) is 18.9 Å². The lowest BCUT2D eigenvalue weighted by atomic mass is 10.5. The van der Waals surface area contributed by atoms with Crippen LogP contribution in [0.2, 0.25) is 5.15 Å². The van der Waals surface area contributed by atoms with Gasteiger partial charge in [-0.05, 0) is 0 Å². The zero-order valence-electron chi connectivity index (χ0n) is 7.07. The summed E-state index contributed by atoms with van der Waals surface area (Å²) < 4.78 is 0. The van der Waals surface area contributed by atoms with Crippen molar-refractivity contribution < 1.29 is 4.79 Å². The van der Waals surface area contributed by atoms with Crippen LogP contribution in [-0.4, -0.2) is 29.5 Å². The van der Waals surface area contributed by atoms with Gasteiger partial charge in [0, 0.05) is 7.05 Å². The molecule has 0 aliphatic heterocycles. The maximum Gasteiger partial charge on any atom is 0.236 e. The van der Waals surface area contributed by atoms with Crippen LogP contribution in [0.4, 0.5) is 5.82 Å². The molecule has 1 heterocycles. The maximum absolute atomic E-state index is 10.6. The summed E-state index contributed by atoms with van der Waals surface area (Å²) in [5, 5.41) is 0.286. The molecule has 0 fully saturated rings. The summed E-state index contributed by atoms with van der Waals surface area (Å²) in [5.41, 5.74) is 5.01. The third-order valence-corrected chi connectivity index (χ3v) is 1.56. The number of hydrogen-bond acceptors (Lipinski definition) is 4. The topological polar surface area (TPSA) is 72.1 Å². The molecule has 1 aromatic rings. The molecule has 0 atom stereocenters. The van der Waals surface area contributed by atoms with Crippen molar-refractivity contribution in [2.24, 2.45) is 5.73 Å². The van der Waals surface area contributed by atoms with Crippen molar-refractivity contribution in [1.29, 1.82) is 0 Å². The van der Waals surface area contributed by atoms with Crippen molar-refractivity contribution in [2.75, 3.05) is 18.5 Å². The smallest absolute Gasteiger partial charge is 0.236 e. The van der Waals surface area contributed by atoms with E-state index < -0.39 is 5.91 Å². The van der Waals surface area contributed by atoms with Gasteiger partial charge in [0.25, 0.3) is 0 Å². The first-order valence-electron chi connectivity index (χ1n) is 3.56. The van der Waals surface area contributed by atoms with E-state index in [9.17, 15) is 4.79 Å². The number of anilines is 1. The second-order valence-electron chi connectivity index (χ2n) is 2.52. The summed E-state index contributed by atoms with van der Waals surface area (Å²) >= 11 is 5.61. The number of hydrogen-bond donors (Lipinski definition) is 1. The van der Waals surface area contributed by atoms with Gasteiger partial charge < -0.3 is 10.6 Å². The van der Waals surface area contributed by atoms with E-state index in [1.807, 2.05) is 0 Å². The lowest BCUT2D eigenvalue weighted by Crippen LogP contribution is -2.31. The highest BCUT2D eigenvalue weighted by Crippen LogP contribution is 2.09. The Bertz CT molecular complexity index is 317. The number of carbonyl (C=O) groups excluding carboxylic acids is 1. The number of halogens is 1. The number of aromatic nitrogens is 2. The molecule has 6 heteroatoms. The van der Waals surface area contributed by atoms with Crippen molar-refractivity contribution in [3.8, 4) is 0 Å². The average Bonchev–Trinajstić information content (AvgIpc) is 2.03. The molecule has 1 rings (SSSR count). The van der Waals surface area contributed by atoms with Crippen molar-refractivity contribution in [3.05, 3.63) is 17.5 Å². The molecule has 0 saturated carbocycles. The molecule has 0 unspecified atom stereocenters. The van der Waals surface area contributed by atoms with E-state index in [1.165, 1.54) is 12.4 Å². The molecule has 0 saturated heterocycles. The number of rotatable bonds is 3. The number of nitrogens with zero attached hydrogens (tertiary/aromatic N) is 3. The molecule has 0 aromatic carbocycles. The van der Waals surface area contributed by atoms with Crippen molar-refractivity contribution in [1.82, 2.24) is 9.97 Å². The second-order valence-corrected chi connectivity index (χ2v) is 2.91. The van der Waals surface area contributed by atoms with Crippen LogP contribution in [0.15, 0.2) is 12.4 Å². The Labute approximate surface area is 80.5 Å². The van der Waals surface area contributed by atoms with Crippen molar-refractivity contribution >= 4 is 23.3 Å². The van der Waals surface area contributed by atoms with E-state index in [1.54, 1.807) is 11.9 Å². The predicted molar refractivity (Wildman–Crippen MR) is 49.5 cm³/mol. The van der Waals surface area contributed by atoms with Crippen LogP contribution in [0.3, 0.4) is 0 Å². The quantitative estimate of drug-likeness (QED) is 0.749. The number of primary amides is 1. The van der Waals surface area contributed by atoms with Crippen LogP contribution < -0.4 is 10.6 Å². The standard InChI is InChI=1S/C7H9ClN4O/c1-12(4-6(9)13)7-3-10-2-5(8)11-7/h2-3H,4H2,1H3,(H2,9,13). The Morgan fingerprint density at radius 2 is 2.38 bits per heavy atom. The molecule has 5 nitrogen and oxygen atoms in total. The van der Waals surface area contributed by atoms with Crippen LogP contribution in [0.5, 0.6) is 0 Å². The summed E-state index contributed by atoms with van der Waals surface area (Å²) in [6, 6.07) is 0.